The fourth-order valence-corrected chi connectivity index (χ4v) is 2.70. The van der Waals surface area contributed by atoms with Gasteiger partial charge >= 0.3 is 0 Å². The zero-order valence-corrected chi connectivity index (χ0v) is 11.4. The molecule has 1 aliphatic rings. The molecule has 18 heavy (non-hydrogen) atoms. The van der Waals surface area contributed by atoms with E-state index >= 15 is 0 Å². The fraction of sp³-hybridized carbons (Fsp3) is 0.500. The van der Waals surface area contributed by atoms with Gasteiger partial charge in [0, 0.05) is 17.6 Å². The van der Waals surface area contributed by atoms with Gasteiger partial charge in [0.05, 0.1) is 5.56 Å². The van der Waals surface area contributed by atoms with Crippen LogP contribution in [0.15, 0.2) is 18.2 Å². The Morgan fingerprint density at radius 3 is 2.83 bits per heavy atom. The molecule has 2 unspecified atom stereocenters. The van der Waals surface area contributed by atoms with Gasteiger partial charge in [0.2, 0.25) is 0 Å². The van der Waals surface area contributed by atoms with Crippen LogP contribution in [0.3, 0.4) is 0 Å². The highest BCUT2D eigenvalue weighted by Crippen LogP contribution is 2.25. The molecule has 0 spiro atoms. The van der Waals surface area contributed by atoms with Crippen LogP contribution in [-0.2, 0) is 0 Å². The van der Waals surface area contributed by atoms with Gasteiger partial charge in [-0.05, 0) is 43.9 Å². The van der Waals surface area contributed by atoms with Crippen molar-refractivity contribution in [2.24, 2.45) is 5.92 Å². The first-order valence-electron chi connectivity index (χ1n) is 6.25. The lowest BCUT2D eigenvalue weighted by molar-refractivity contribution is 0.0584. The monoisotopic (exact) mass is 269 g/mol. The summed E-state index contributed by atoms with van der Waals surface area (Å²) in [5, 5.41) is 0.387. The zero-order chi connectivity index (χ0) is 13.3. The van der Waals surface area contributed by atoms with E-state index in [1.54, 1.807) is 4.90 Å². The van der Waals surface area contributed by atoms with Gasteiger partial charge in [-0.25, -0.2) is 4.39 Å². The summed E-state index contributed by atoms with van der Waals surface area (Å²) in [6.07, 6.45) is 1.94. The lowest BCUT2D eigenvalue weighted by atomic mass is 9.93. The van der Waals surface area contributed by atoms with E-state index in [2.05, 4.69) is 6.92 Å². The number of likely N-dealkylation sites (tertiary alicyclic amines) is 1. The third-order valence-electron chi connectivity index (χ3n) is 3.56. The van der Waals surface area contributed by atoms with Crippen LogP contribution in [0.25, 0.3) is 0 Å². The molecule has 1 saturated heterocycles. The van der Waals surface area contributed by atoms with Crippen LogP contribution in [0.4, 0.5) is 4.39 Å². The summed E-state index contributed by atoms with van der Waals surface area (Å²) in [5.74, 6) is -0.141. The topological polar surface area (TPSA) is 20.3 Å². The van der Waals surface area contributed by atoms with Crippen LogP contribution in [0, 0.1) is 11.7 Å². The number of halogens is 2. The number of hydrogen-bond donors (Lipinski definition) is 0. The summed E-state index contributed by atoms with van der Waals surface area (Å²) in [6.45, 7) is 4.88. The summed E-state index contributed by atoms with van der Waals surface area (Å²) in [5.41, 5.74) is 0.0731. The van der Waals surface area contributed by atoms with Crippen molar-refractivity contribution in [2.75, 3.05) is 6.54 Å². The standard InChI is InChI=1S/C14H17ClFNO/c1-9-5-6-17(10(2)7-9)14(18)12-8-11(15)3-4-13(12)16/h3-4,8-10H,5-7H2,1-2H3. The number of amides is 1. The Morgan fingerprint density at radius 1 is 1.44 bits per heavy atom. The highest BCUT2D eigenvalue weighted by Gasteiger charge is 2.28. The molecule has 1 aromatic rings. The molecule has 2 nitrogen and oxygen atoms in total. The Kier molecular flexibility index (Phi) is 3.91. The van der Waals surface area contributed by atoms with Crippen molar-refractivity contribution >= 4 is 17.5 Å². The van der Waals surface area contributed by atoms with Crippen molar-refractivity contribution in [1.82, 2.24) is 4.90 Å². The average molecular weight is 270 g/mol. The van der Waals surface area contributed by atoms with Gasteiger partial charge in [0.1, 0.15) is 5.82 Å². The van der Waals surface area contributed by atoms with Crippen molar-refractivity contribution in [3.63, 3.8) is 0 Å². The van der Waals surface area contributed by atoms with Crippen molar-refractivity contribution in [1.29, 1.82) is 0 Å². The second-order valence-electron chi connectivity index (χ2n) is 5.10. The van der Waals surface area contributed by atoms with Crippen LogP contribution < -0.4 is 0 Å². The maximum atomic E-state index is 13.7. The number of carbonyl (C=O) groups is 1. The van der Waals surface area contributed by atoms with E-state index in [0.717, 1.165) is 12.8 Å². The molecule has 4 heteroatoms. The van der Waals surface area contributed by atoms with Gasteiger partial charge < -0.3 is 4.90 Å². The van der Waals surface area contributed by atoms with E-state index in [-0.39, 0.29) is 17.5 Å². The number of benzene rings is 1. The molecule has 1 heterocycles. The molecule has 0 bridgehead atoms. The lowest BCUT2D eigenvalue weighted by Gasteiger charge is -2.36. The van der Waals surface area contributed by atoms with Crippen LogP contribution >= 0.6 is 11.6 Å². The predicted octanol–water partition coefficient (Wildman–Crippen LogP) is 3.74. The van der Waals surface area contributed by atoms with Crippen LogP contribution in [0.5, 0.6) is 0 Å². The van der Waals surface area contributed by atoms with E-state index in [1.165, 1.54) is 18.2 Å². The van der Waals surface area contributed by atoms with Gasteiger partial charge in [0.25, 0.3) is 5.91 Å². The maximum absolute atomic E-state index is 13.7. The summed E-state index contributed by atoms with van der Waals surface area (Å²) >= 11 is 5.82. The molecule has 0 radical (unpaired) electrons. The van der Waals surface area contributed by atoms with Gasteiger partial charge in [0.15, 0.2) is 0 Å². The number of piperidine rings is 1. The summed E-state index contributed by atoms with van der Waals surface area (Å²) in [7, 11) is 0. The molecule has 1 aliphatic heterocycles. The molecule has 0 aromatic heterocycles. The van der Waals surface area contributed by atoms with Crippen molar-refractivity contribution in [2.45, 2.75) is 32.7 Å². The van der Waals surface area contributed by atoms with Crippen LogP contribution in [0.2, 0.25) is 5.02 Å². The van der Waals surface area contributed by atoms with Gasteiger partial charge in [-0.2, -0.15) is 0 Å². The first kappa shape index (κ1) is 13.3. The third kappa shape index (κ3) is 2.66. The maximum Gasteiger partial charge on any atom is 0.257 e. The van der Waals surface area contributed by atoms with E-state index in [0.29, 0.717) is 17.5 Å². The molecule has 1 fully saturated rings. The Hall–Kier alpha value is -1.09. The first-order chi connectivity index (χ1) is 8.49. The normalized spacial score (nSPS) is 24.1. The minimum atomic E-state index is -0.504. The van der Waals surface area contributed by atoms with E-state index in [1.807, 2.05) is 6.92 Å². The van der Waals surface area contributed by atoms with Gasteiger partial charge in [-0.3, -0.25) is 4.79 Å². The molecule has 0 N–H and O–H groups in total. The SMILES string of the molecule is CC1CCN(C(=O)c2cc(Cl)ccc2F)C(C)C1. The predicted molar refractivity (Wildman–Crippen MR) is 70.3 cm³/mol. The highest BCUT2D eigenvalue weighted by atomic mass is 35.5. The van der Waals surface area contributed by atoms with Crippen LogP contribution in [-0.4, -0.2) is 23.4 Å². The molecule has 1 aromatic carbocycles. The second kappa shape index (κ2) is 5.27. The molecule has 98 valence electrons. The Bertz CT molecular complexity index is 463. The lowest BCUT2D eigenvalue weighted by Crippen LogP contribution is -2.44. The van der Waals surface area contributed by atoms with Crippen molar-refractivity contribution < 1.29 is 9.18 Å². The van der Waals surface area contributed by atoms with Gasteiger partial charge in [-0.1, -0.05) is 18.5 Å². The minimum absolute atomic E-state index is 0.0731. The highest BCUT2D eigenvalue weighted by molar-refractivity contribution is 6.31. The van der Waals surface area contributed by atoms with Crippen molar-refractivity contribution in [3.8, 4) is 0 Å². The summed E-state index contributed by atoms with van der Waals surface area (Å²) in [4.78, 5) is 14.1. The molecule has 0 aliphatic carbocycles. The average Bonchev–Trinajstić information content (AvgIpc) is 2.31. The Balaban J connectivity index is 2.23. The van der Waals surface area contributed by atoms with E-state index < -0.39 is 5.82 Å². The first-order valence-corrected chi connectivity index (χ1v) is 6.63. The van der Waals surface area contributed by atoms with Crippen LogP contribution in [0.1, 0.15) is 37.0 Å². The molecule has 2 atom stereocenters. The number of carbonyl (C=O) groups excluding carboxylic acids is 1. The van der Waals surface area contributed by atoms with E-state index in [9.17, 15) is 9.18 Å². The smallest absolute Gasteiger partial charge is 0.257 e. The molecular formula is C14H17ClFNO. The number of rotatable bonds is 1. The molecule has 1 amide bonds. The van der Waals surface area contributed by atoms with Gasteiger partial charge in [-0.15, -0.1) is 0 Å². The molecule has 2 rings (SSSR count). The minimum Gasteiger partial charge on any atom is -0.336 e. The van der Waals surface area contributed by atoms with E-state index in [4.69, 9.17) is 11.6 Å². The van der Waals surface area contributed by atoms with Crippen molar-refractivity contribution in [3.05, 3.63) is 34.6 Å². The zero-order valence-electron chi connectivity index (χ0n) is 10.6. The molecular weight excluding hydrogens is 253 g/mol. The second-order valence-corrected chi connectivity index (χ2v) is 5.54. The Morgan fingerprint density at radius 2 is 2.17 bits per heavy atom. The number of nitrogens with zero attached hydrogens (tertiary/aromatic N) is 1. The quantitative estimate of drug-likeness (QED) is 0.761. The largest absolute Gasteiger partial charge is 0.336 e. The molecule has 0 saturated carbocycles. The third-order valence-corrected chi connectivity index (χ3v) is 3.79. The summed E-state index contributed by atoms with van der Waals surface area (Å²) in [6, 6.07) is 4.26. The Labute approximate surface area is 112 Å². The number of hydrogen-bond acceptors (Lipinski definition) is 1. The summed E-state index contributed by atoms with van der Waals surface area (Å²) < 4.78 is 13.7. The fourth-order valence-electron chi connectivity index (χ4n) is 2.53.